The second kappa shape index (κ2) is 8.95. The van der Waals surface area contributed by atoms with E-state index in [2.05, 4.69) is 0 Å². The number of ether oxygens (including phenoxy) is 1. The van der Waals surface area contributed by atoms with Gasteiger partial charge in [0.25, 0.3) is 0 Å². The topological polar surface area (TPSA) is 63.7 Å². The van der Waals surface area contributed by atoms with Crippen LogP contribution in [0.25, 0.3) is 0 Å². The third-order valence-electron chi connectivity index (χ3n) is 4.72. The highest BCUT2D eigenvalue weighted by Gasteiger charge is 2.31. The molecule has 3 rings (SSSR count). The zero-order valence-electron chi connectivity index (χ0n) is 15.8. The predicted molar refractivity (Wildman–Crippen MR) is 105 cm³/mol. The molecule has 0 aromatic heterocycles. The highest BCUT2D eigenvalue weighted by molar-refractivity contribution is 7.89. The number of benzene rings is 2. The fourth-order valence-corrected chi connectivity index (χ4v) is 5.16. The normalized spacial score (nSPS) is 15.7. The lowest BCUT2D eigenvalue weighted by Gasteiger charge is -2.26. The average Bonchev–Trinajstić information content (AvgIpc) is 2.72. The van der Waals surface area contributed by atoms with Crippen LogP contribution in [0.3, 0.4) is 0 Å². The highest BCUT2D eigenvalue weighted by atomic mass is 35.5. The van der Waals surface area contributed by atoms with E-state index in [1.165, 1.54) is 28.6 Å². The van der Waals surface area contributed by atoms with Crippen molar-refractivity contribution in [2.45, 2.75) is 36.9 Å². The molecule has 1 aliphatic rings. The van der Waals surface area contributed by atoms with Crippen LogP contribution >= 0.6 is 11.6 Å². The van der Waals surface area contributed by atoms with Gasteiger partial charge in [0.05, 0.1) is 16.1 Å². The van der Waals surface area contributed by atoms with Gasteiger partial charge in [-0.2, -0.15) is 17.5 Å². The fourth-order valence-electron chi connectivity index (χ4n) is 3.14. The third-order valence-corrected chi connectivity index (χ3v) is 7.10. The molecule has 2 aromatic carbocycles. The SMILES string of the molecule is O=C(OCc1cccc(C(F)(F)F)c1)c1ccc(Cl)c(S(=O)(=O)N2CCCCC2)c1. The third kappa shape index (κ3) is 5.14. The molecule has 0 N–H and O–H groups in total. The van der Waals surface area contributed by atoms with E-state index in [9.17, 15) is 26.4 Å². The van der Waals surface area contributed by atoms with Gasteiger partial charge in [-0.25, -0.2) is 13.2 Å². The number of sulfonamides is 1. The molecule has 2 aromatic rings. The maximum atomic E-state index is 12.9. The fraction of sp³-hybridized carbons (Fsp3) is 0.350. The molecule has 0 unspecified atom stereocenters. The summed E-state index contributed by atoms with van der Waals surface area (Å²) in [6.07, 6.45) is -2.07. The summed E-state index contributed by atoms with van der Waals surface area (Å²) in [7, 11) is -3.87. The van der Waals surface area contributed by atoms with E-state index < -0.39 is 27.7 Å². The largest absolute Gasteiger partial charge is 0.457 e. The molecule has 0 amide bonds. The van der Waals surface area contributed by atoms with Gasteiger partial charge in [0.1, 0.15) is 11.5 Å². The van der Waals surface area contributed by atoms with Gasteiger partial charge in [0.15, 0.2) is 0 Å². The van der Waals surface area contributed by atoms with Crippen molar-refractivity contribution in [2.24, 2.45) is 0 Å². The summed E-state index contributed by atoms with van der Waals surface area (Å²) in [5, 5.41) is -0.0185. The van der Waals surface area contributed by atoms with Crippen LogP contribution < -0.4 is 0 Å². The Kier molecular flexibility index (Phi) is 6.74. The molecule has 0 bridgehead atoms. The summed E-state index contributed by atoms with van der Waals surface area (Å²) in [5.41, 5.74) is -0.743. The lowest BCUT2D eigenvalue weighted by molar-refractivity contribution is -0.137. The Morgan fingerprint density at radius 2 is 1.77 bits per heavy atom. The monoisotopic (exact) mass is 461 g/mol. The first-order valence-electron chi connectivity index (χ1n) is 9.22. The van der Waals surface area contributed by atoms with Crippen LogP contribution in [0.4, 0.5) is 13.2 Å². The Morgan fingerprint density at radius 3 is 2.43 bits per heavy atom. The van der Waals surface area contributed by atoms with Gasteiger partial charge < -0.3 is 4.74 Å². The molecule has 0 atom stereocenters. The molecule has 0 radical (unpaired) electrons. The minimum Gasteiger partial charge on any atom is -0.457 e. The quantitative estimate of drug-likeness (QED) is 0.595. The maximum absolute atomic E-state index is 12.9. The highest BCUT2D eigenvalue weighted by Crippen LogP contribution is 2.30. The van der Waals surface area contributed by atoms with Gasteiger partial charge in [-0.15, -0.1) is 0 Å². The Morgan fingerprint density at radius 1 is 1.07 bits per heavy atom. The van der Waals surface area contributed by atoms with E-state index in [1.807, 2.05) is 0 Å². The van der Waals surface area contributed by atoms with Gasteiger partial charge in [-0.05, 0) is 48.7 Å². The molecule has 30 heavy (non-hydrogen) atoms. The van der Waals surface area contributed by atoms with Crippen LogP contribution in [0.15, 0.2) is 47.4 Å². The Bertz CT molecular complexity index is 1030. The number of alkyl halides is 3. The molecule has 5 nitrogen and oxygen atoms in total. The summed E-state index contributed by atoms with van der Waals surface area (Å²) < 4.78 is 70.6. The Labute approximate surface area is 177 Å². The lowest BCUT2D eigenvalue weighted by Crippen LogP contribution is -2.35. The van der Waals surface area contributed by atoms with Crippen LogP contribution in [-0.2, 0) is 27.5 Å². The molecule has 1 saturated heterocycles. The number of hydrogen-bond acceptors (Lipinski definition) is 4. The molecule has 1 aliphatic heterocycles. The molecule has 162 valence electrons. The van der Waals surface area contributed by atoms with Crippen molar-refractivity contribution in [3.8, 4) is 0 Å². The van der Waals surface area contributed by atoms with Crippen LogP contribution in [0.5, 0.6) is 0 Å². The molecule has 0 aliphatic carbocycles. The van der Waals surface area contributed by atoms with Crippen molar-refractivity contribution >= 4 is 27.6 Å². The van der Waals surface area contributed by atoms with Crippen LogP contribution in [0.2, 0.25) is 5.02 Å². The van der Waals surface area contributed by atoms with Gasteiger partial charge >= 0.3 is 12.1 Å². The smallest absolute Gasteiger partial charge is 0.416 e. The van der Waals surface area contributed by atoms with Crippen molar-refractivity contribution in [1.29, 1.82) is 0 Å². The van der Waals surface area contributed by atoms with Crippen molar-refractivity contribution in [1.82, 2.24) is 4.31 Å². The van der Waals surface area contributed by atoms with Gasteiger partial charge in [0, 0.05) is 13.1 Å². The lowest BCUT2D eigenvalue weighted by atomic mass is 10.1. The van der Waals surface area contributed by atoms with Crippen LogP contribution in [0, 0.1) is 0 Å². The summed E-state index contributed by atoms with van der Waals surface area (Å²) in [6, 6.07) is 8.17. The van der Waals surface area contributed by atoms with Crippen LogP contribution in [-0.4, -0.2) is 31.8 Å². The number of carbonyl (C=O) groups excluding carboxylic acids is 1. The number of piperidine rings is 1. The van der Waals surface area contributed by atoms with E-state index in [4.69, 9.17) is 16.3 Å². The minimum absolute atomic E-state index is 0.0185. The molecular weight excluding hydrogens is 443 g/mol. The first kappa shape index (κ1) is 22.6. The van der Waals surface area contributed by atoms with Gasteiger partial charge in [-0.3, -0.25) is 0 Å². The van der Waals surface area contributed by atoms with E-state index in [-0.39, 0.29) is 27.7 Å². The zero-order chi connectivity index (χ0) is 21.9. The summed E-state index contributed by atoms with van der Waals surface area (Å²) >= 11 is 6.07. The van der Waals surface area contributed by atoms with Crippen LogP contribution in [0.1, 0.15) is 40.7 Å². The summed E-state index contributed by atoms with van der Waals surface area (Å²) in [6.45, 7) is 0.366. The molecule has 0 saturated carbocycles. The van der Waals surface area contributed by atoms with Gasteiger partial charge in [-0.1, -0.05) is 30.2 Å². The van der Waals surface area contributed by atoms with Crippen molar-refractivity contribution in [2.75, 3.05) is 13.1 Å². The standard InChI is InChI=1S/C20H19ClF3NO4S/c21-17-8-7-15(12-18(17)30(27,28)25-9-2-1-3-10-25)19(26)29-13-14-5-4-6-16(11-14)20(22,23)24/h4-8,11-12H,1-3,9-10,13H2. The number of hydrogen-bond donors (Lipinski definition) is 0. The maximum Gasteiger partial charge on any atom is 0.416 e. The predicted octanol–water partition coefficient (Wildman–Crippen LogP) is 4.89. The van der Waals surface area contributed by atoms with E-state index in [1.54, 1.807) is 0 Å². The number of esters is 1. The van der Waals surface area contributed by atoms with Crippen molar-refractivity contribution in [3.63, 3.8) is 0 Å². The number of halogens is 4. The molecule has 1 heterocycles. The summed E-state index contributed by atoms with van der Waals surface area (Å²) in [4.78, 5) is 12.2. The van der Waals surface area contributed by atoms with E-state index >= 15 is 0 Å². The van der Waals surface area contributed by atoms with Crippen molar-refractivity contribution < 1.29 is 31.1 Å². The second-order valence-electron chi connectivity index (χ2n) is 6.88. The Balaban J connectivity index is 1.77. The van der Waals surface area contributed by atoms with E-state index in [0.29, 0.717) is 13.1 Å². The minimum atomic E-state index is -4.51. The number of nitrogens with zero attached hydrogens (tertiary/aromatic N) is 1. The van der Waals surface area contributed by atoms with Gasteiger partial charge in [0.2, 0.25) is 10.0 Å². The molecule has 0 spiro atoms. The number of rotatable bonds is 5. The molecule has 10 heteroatoms. The Hall–Kier alpha value is -2.10. The zero-order valence-corrected chi connectivity index (χ0v) is 17.4. The second-order valence-corrected chi connectivity index (χ2v) is 9.20. The number of carbonyl (C=O) groups is 1. The summed E-state index contributed by atoms with van der Waals surface area (Å²) in [5.74, 6) is -0.862. The van der Waals surface area contributed by atoms with E-state index in [0.717, 1.165) is 37.5 Å². The first-order chi connectivity index (χ1) is 14.1. The first-order valence-corrected chi connectivity index (χ1v) is 11.0. The molecule has 1 fully saturated rings. The van der Waals surface area contributed by atoms with Crippen molar-refractivity contribution in [3.05, 3.63) is 64.2 Å². The molecular formula is C20H19ClF3NO4S. The average molecular weight is 462 g/mol.